The van der Waals surface area contributed by atoms with Crippen molar-refractivity contribution < 1.29 is 29.0 Å². The molecule has 0 bridgehead atoms. The van der Waals surface area contributed by atoms with Crippen LogP contribution in [0.5, 0.6) is 17.2 Å². The molecule has 0 unspecified atom stereocenters. The zero-order valence-electron chi connectivity index (χ0n) is 20.3. The molecule has 9 heteroatoms. The van der Waals surface area contributed by atoms with Gasteiger partial charge in [-0.2, -0.15) is 0 Å². The molecule has 2 aromatic carbocycles. The number of halogens is 1. The normalized spacial score (nSPS) is 11.0. The molecule has 7 nitrogen and oxygen atoms in total. The van der Waals surface area contributed by atoms with Gasteiger partial charge in [0.05, 0.1) is 11.6 Å². The van der Waals surface area contributed by atoms with Gasteiger partial charge in [-0.3, -0.25) is 9.59 Å². The average Bonchev–Trinajstić information content (AvgIpc) is 2.82. The molecule has 0 radical (unpaired) electrons. The van der Waals surface area contributed by atoms with Crippen molar-refractivity contribution in [3.05, 3.63) is 46.5 Å². The lowest BCUT2D eigenvalue weighted by Crippen LogP contribution is -2.10. The Balaban J connectivity index is 2.00. The molecule has 0 heterocycles. The SMILES string of the molecule is CCCc1c(OCCCSc2ccc(OC(=O)CC)cc2Cl)ccc(CCC=NO)c1OC(C)=O. The van der Waals surface area contributed by atoms with Gasteiger partial charge < -0.3 is 19.4 Å². The number of hydrogen-bond acceptors (Lipinski definition) is 8. The Bertz CT molecular complexity index is 1030. The minimum absolute atomic E-state index is 0.301. The molecule has 0 aliphatic carbocycles. The van der Waals surface area contributed by atoms with E-state index in [9.17, 15) is 9.59 Å². The smallest absolute Gasteiger partial charge is 0.310 e. The molecule has 0 saturated carbocycles. The number of hydrogen-bond donors (Lipinski definition) is 1. The van der Waals surface area contributed by atoms with E-state index >= 15 is 0 Å². The van der Waals surface area contributed by atoms with Crippen molar-refractivity contribution >= 4 is 41.5 Å². The Morgan fingerprint density at radius 1 is 1.14 bits per heavy atom. The van der Waals surface area contributed by atoms with E-state index in [1.165, 1.54) is 13.1 Å². The first kappa shape index (κ1) is 28.5. The number of carbonyl (C=O) groups excluding carboxylic acids is 2. The zero-order chi connectivity index (χ0) is 25.6. The minimum Gasteiger partial charge on any atom is -0.493 e. The largest absolute Gasteiger partial charge is 0.493 e. The summed E-state index contributed by atoms with van der Waals surface area (Å²) < 4.78 is 16.8. The van der Waals surface area contributed by atoms with Crippen LogP contribution in [0.15, 0.2) is 40.4 Å². The molecule has 2 aromatic rings. The van der Waals surface area contributed by atoms with Gasteiger partial charge in [-0.05, 0) is 49.4 Å². The standard InChI is InChI=1S/C26H32ClNO6S/c1-4-8-21-23(12-10-19(9-6-14-28-31)26(21)33-18(3)29)32-15-7-16-35-24-13-11-20(17-22(24)27)34-25(30)5-2/h10-14,17,31H,4-9,15-16H2,1-3H3. The second kappa shape index (κ2) is 15.3. The van der Waals surface area contributed by atoms with Crippen LogP contribution in [-0.4, -0.2) is 35.7 Å². The van der Waals surface area contributed by atoms with Crippen LogP contribution in [0.25, 0.3) is 0 Å². The van der Waals surface area contributed by atoms with Gasteiger partial charge in [-0.1, -0.05) is 37.9 Å². The monoisotopic (exact) mass is 521 g/mol. The average molecular weight is 522 g/mol. The molecule has 0 fully saturated rings. The van der Waals surface area contributed by atoms with Gasteiger partial charge in [0.2, 0.25) is 0 Å². The van der Waals surface area contributed by atoms with Crippen molar-refractivity contribution in [3.63, 3.8) is 0 Å². The van der Waals surface area contributed by atoms with Crippen molar-refractivity contribution in [3.8, 4) is 17.2 Å². The Kier molecular flexibility index (Phi) is 12.5. The Hall–Kier alpha value is -2.71. The summed E-state index contributed by atoms with van der Waals surface area (Å²) in [6.45, 7) is 5.66. The molecule has 2 rings (SSSR count). The van der Waals surface area contributed by atoms with Crippen molar-refractivity contribution in [2.45, 2.75) is 64.2 Å². The topological polar surface area (TPSA) is 94.4 Å². The van der Waals surface area contributed by atoms with Gasteiger partial charge in [0.1, 0.15) is 17.2 Å². The van der Waals surface area contributed by atoms with E-state index in [1.807, 2.05) is 18.2 Å². The highest BCUT2D eigenvalue weighted by molar-refractivity contribution is 7.99. The summed E-state index contributed by atoms with van der Waals surface area (Å²) in [6.07, 6.45) is 5.17. The fourth-order valence-electron chi connectivity index (χ4n) is 3.31. The summed E-state index contributed by atoms with van der Waals surface area (Å²) in [5.41, 5.74) is 1.74. The van der Waals surface area contributed by atoms with Gasteiger partial charge in [-0.15, -0.1) is 16.9 Å². The van der Waals surface area contributed by atoms with E-state index in [-0.39, 0.29) is 11.9 Å². The van der Waals surface area contributed by atoms with Crippen LogP contribution in [0, 0.1) is 0 Å². The second-order valence-electron chi connectivity index (χ2n) is 7.68. The summed E-state index contributed by atoms with van der Waals surface area (Å²) in [7, 11) is 0. The molecule has 190 valence electrons. The molecule has 0 aromatic heterocycles. The Morgan fingerprint density at radius 3 is 2.60 bits per heavy atom. The zero-order valence-corrected chi connectivity index (χ0v) is 21.9. The van der Waals surface area contributed by atoms with Crippen LogP contribution >= 0.6 is 23.4 Å². The maximum atomic E-state index is 11.7. The predicted molar refractivity (Wildman–Crippen MR) is 139 cm³/mol. The van der Waals surface area contributed by atoms with E-state index in [0.717, 1.165) is 34.6 Å². The van der Waals surface area contributed by atoms with Crippen LogP contribution < -0.4 is 14.2 Å². The molecule has 0 atom stereocenters. The maximum absolute atomic E-state index is 11.7. The molecule has 35 heavy (non-hydrogen) atoms. The molecule has 0 aliphatic rings. The van der Waals surface area contributed by atoms with Crippen LogP contribution in [0.3, 0.4) is 0 Å². The number of aryl methyl sites for hydroxylation is 1. The van der Waals surface area contributed by atoms with E-state index in [4.69, 9.17) is 31.0 Å². The third-order valence-electron chi connectivity index (χ3n) is 4.90. The summed E-state index contributed by atoms with van der Waals surface area (Å²) >= 11 is 7.93. The van der Waals surface area contributed by atoms with E-state index < -0.39 is 0 Å². The van der Waals surface area contributed by atoms with Crippen molar-refractivity contribution in [1.29, 1.82) is 0 Å². The number of rotatable bonds is 14. The van der Waals surface area contributed by atoms with E-state index in [1.54, 1.807) is 30.8 Å². The summed E-state index contributed by atoms with van der Waals surface area (Å²) in [5, 5.41) is 12.2. The fourth-order valence-corrected chi connectivity index (χ4v) is 4.49. The fraction of sp³-hybridized carbons (Fsp3) is 0.423. The van der Waals surface area contributed by atoms with Crippen molar-refractivity contribution in [1.82, 2.24) is 0 Å². The van der Waals surface area contributed by atoms with Gasteiger partial charge in [0.15, 0.2) is 0 Å². The molecule has 0 saturated heterocycles. The number of esters is 2. The third kappa shape index (κ3) is 9.45. The highest BCUT2D eigenvalue weighted by atomic mass is 35.5. The Labute approximate surface area is 215 Å². The molecule has 1 N–H and O–H groups in total. The number of thioether (sulfide) groups is 1. The lowest BCUT2D eigenvalue weighted by atomic mass is 10.0. The highest BCUT2D eigenvalue weighted by Gasteiger charge is 2.17. The predicted octanol–water partition coefficient (Wildman–Crippen LogP) is 6.49. The van der Waals surface area contributed by atoms with E-state index in [0.29, 0.717) is 54.6 Å². The maximum Gasteiger partial charge on any atom is 0.310 e. The Morgan fingerprint density at radius 2 is 1.94 bits per heavy atom. The summed E-state index contributed by atoms with van der Waals surface area (Å²) in [6, 6.07) is 9.02. The van der Waals surface area contributed by atoms with Crippen LogP contribution in [0.1, 0.15) is 57.6 Å². The molecular formula is C26H32ClNO6S. The van der Waals surface area contributed by atoms with Crippen molar-refractivity contribution in [2.24, 2.45) is 5.16 Å². The molecule has 0 amide bonds. The number of ether oxygens (including phenoxy) is 3. The van der Waals surface area contributed by atoms with Crippen LogP contribution in [-0.2, 0) is 22.4 Å². The lowest BCUT2D eigenvalue weighted by molar-refractivity contribution is -0.134. The molecular weight excluding hydrogens is 490 g/mol. The van der Waals surface area contributed by atoms with Gasteiger partial charge in [-0.25, -0.2) is 0 Å². The first-order valence-electron chi connectivity index (χ1n) is 11.6. The van der Waals surface area contributed by atoms with E-state index in [2.05, 4.69) is 12.1 Å². The summed E-state index contributed by atoms with van der Waals surface area (Å²) in [5.74, 6) is 1.77. The van der Waals surface area contributed by atoms with Crippen LogP contribution in [0.2, 0.25) is 5.02 Å². The summed E-state index contributed by atoms with van der Waals surface area (Å²) in [4.78, 5) is 24.1. The van der Waals surface area contributed by atoms with Crippen LogP contribution in [0.4, 0.5) is 0 Å². The van der Waals surface area contributed by atoms with Crippen molar-refractivity contribution in [2.75, 3.05) is 12.4 Å². The number of nitrogens with zero attached hydrogens (tertiary/aromatic N) is 1. The first-order valence-corrected chi connectivity index (χ1v) is 13.0. The van der Waals surface area contributed by atoms with Gasteiger partial charge in [0, 0.05) is 41.8 Å². The van der Waals surface area contributed by atoms with Gasteiger partial charge >= 0.3 is 11.9 Å². The minimum atomic E-state index is -0.389. The lowest BCUT2D eigenvalue weighted by Gasteiger charge is -2.18. The highest BCUT2D eigenvalue weighted by Crippen LogP contribution is 2.35. The third-order valence-corrected chi connectivity index (χ3v) is 6.48. The van der Waals surface area contributed by atoms with Gasteiger partial charge in [0.25, 0.3) is 0 Å². The molecule has 0 spiro atoms. The quantitative estimate of drug-likeness (QED) is 0.0577. The first-order chi connectivity index (χ1) is 16.9. The second-order valence-corrected chi connectivity index (χ2v) is 9.23. The number of carbonyl (C=O) groups is 2. The number of oxime groups is 1. The molecule has 0 aliphatic heterocycles. The number of benzene rings is 2.